The Bertz CT molecular complexity index is 786. The fourth-order valence-electron chi connectivity index (χ4n) is 1.44. The smallest absolute Gasteiger partial charge is 0.282 e. The van der Waals surface area contributed by atoms with Crippen LogP contribution in [0.15, 0.2) is 22.8 Å². The second-order valence-corrected chi connectivity index (χ2v) is 6.50. The number of sulfonamides is 1. The average Bonchev–Trinajstić information content (AvgIpc) is 2.92. The Hall–Kier alpha value is -1.72. The summed E-state index contributed by atoms with van der Waals surface area (Å²) in [5.41, 5.74) is 5.64. The van der Waals surface area contributed by atoms with Crippen molar-refractivity contribution in [2.75, 3.05) is 10.5 Å². The first kappa shape index (κ1) is 11.4. The normalized spacial score (nSPS) is 12.0. The number of nitrogens with zero attached hydrogens (tertiary/aromatic N) is 4. The summed E-state index contributed by atoms with van der Waals surface area (Å²) in [6.07, 6.45) is 2.92. The largest absolute Gasteiger partial charge is 0.381 e. The van der Waals surface area contributed by atoms with Crippen LogP contribution in [0.25, 0.3) is 4.96 Å². The van der Waals surface area contributed by atoms with Crippen molar-refractivity contribution in [1.29, 1.82) is 0 Å². The highest BCUT2D eigenvalue weighted by atomic mass is 32.2. The molecular formula is C7H6N6O2S3. The first-order valence-electron chi connectivity index (χ1n) is 4.59. The van der Waals surface area contributed by atoms with Crippen LogP contribution in [0.4, 0.5) is 10.8 Å². The number of hydrogen-bond acceptors (Lipinski definition) is 8. The van der Waals surface area contributed by atoms with Gasteiger partial charge in [0.15, 0.2) is 10.8 Å². The summed E-state index contributed by atoms with van der Waals surface area (Å²) in [6.45, 7) is 0. The first-order chi connectivity index (χ1) is 8.58. The molecule has 0 aliphatic rings. The fraction of sp³-hybridized carbons (Fsp3) is 0. The molecule has 0 aliphatic carbocycles. The van der Waals surface area contributed by atoms with Gasteiger partial charge in [0.05, 0.1) is 6.20 Å². The van der Waals surface area contributed by atoms with Gasteiger partial charge < -0.3 is 5.73 Å². The lowest BCUT2D eigenvalue weighted by atomic mass is 10.8. The third kappa shape index (κ3) is 1.72. The molecular weight excluding hydrogens is 296 g/mol. The van der Waals surface area contributed by atoms with Crippen molar-refractivity contribution in [3.05, 3.63) is 17.8 Å². The summed E-state index contributed by atoms with van der Waals surface area (Å²) >= 11 is 2.25. The van der Waals surface area contributed by atoms with Gasteiger partial charge in [0.25, 0.3) is 10.0 Å². The van der Waals surface area contributed by atoms with Crippen LogP contribution in [0.3, 0.4) is 0 Å². The SMILES string of the molecule is Nc1nc2sccn2c1S(=O)(=O)Nc1cnns1. The maximum Gasteiger partial charge on any atom is 0.282 e. The predicted molar refractivity (Wildman–Crippen MR) is 68.2 cm³/mol. The second kappa shape index (κ2) is 3.90. The minimum absolute atomic E-state index is 0.0353. The maximum absolute atomic E-state index is 12.2. The zero-order valence-corrected chi connectivity index (χ0v) is 11.1. The molecule has 3 heterocycles. The van der Waals surface area contributed by atoms with Gasteiger partial charge in [-0.3, -0.25) is 9.12 Å². The highest BCUT2D eigenvalue weighted by Crippen LogP contribution is 2.25. The quantitative estimate of drug-likeness (QED) is 0.733. The number of nitrogens with one attached hydrogen (secondary N) is 1. The van der Waals surface area contributed by atoms with E-state index in [1.165, 1.54) is 21.9 Å². The van der Waals surface area contributed by atoms with E-state index in [9.17, 15) is 8.42 Å². The first-order valence-corrected chi connectivity index (χ1v) is 7.73. The fourth-order valence-corrected chi connectivity index (χ4v) is 4.12. The topological polar surface area (TPSA) is 115 Å². The van der Waals surface area contributed by atoms with Crippen molar-refractivity contribution in [2.45, 2.75) is 5.03 Å². The molecule has 0 atom stereocenters. The number of thiazole rings is 1. The summed E-state index contributed by atoms with van der Waals surface area (Å²) in [4.78, 5) is 4.50. The molecule has 11 heteroatoms. The third-order valence-electron chi connectivity index (χ3n) is 2.09. The monoisotopic (exact) mass is 302 g/mol. The Kier molecular flexibility index (Phi) is 2.46. The van der Waals surface area contributed by atoms with Gasteiger partial charge in [0.1, 0.15) is 5.00 Å². The lowest BCUT2D eigenvalue weighted by molar-refractivity contribution is 0.597. The zero-order chi connectivity index (χ0) is 12.8. The summed E-state index contributed by atoms with van der Waals surface area (Å²) < 4.78 is 31.8. The molecule has 18 heavy (non-hydrogen) atoms. The van der Waals surface area contributed by atoms with Gasteiger partial charge in [0, 0.05) is 23.1 Å². The number of nitrogens with two attached hydrogens (primary N) is 1. The number of hydrogen-bond donors (Lipinski definition) is 2. The highest BCUT2D eigenvalue weighted by molar-refractivity contribution is 7.93. The van der Waals surface area contributed by atoms with E-state index in [1.54, 1.807) is 11.6 Å². The molecule has 0 amide bonds. The van der Waals surface area contributed by atoms with Gasteiger partial charge in [-0.25, -0.2) is 4.98 Å². The molecule has 0 aromatic carbocycles. The van der Waals surface area contributed by atoms with Gasteiger partial charge >= 0.3 is 0 Å². The van der Waals surface area contributed by atoms with Crippen molar-refractivity contribution >= 4 is 48.7 Å². The maximum atomic E-state index is 12.2. The summed E-state index contributed by atoms with van der Waals surface area (Å²) in [7, 11) is -3.80. The molecule has 3 aromatic rings. The number of imidazole rings is 1. The molecule has 0 saturated carbocycles. The van der Waals surface area contributed by atoms with Gasteiger partial charge in [-0.2, -0.15) is 8.42 Å². The molecule has 0 bridgehead atoms. The lowest BCUT2D eigenvalue weighted by Gasteiger charge is -2.04. The van der Waals surface area contributed by atoms with E-state index in [0.29, 0.717) is 9.96 Å². The van der Waals surface area contributed by atoms with Crippen LogP contribution in [0.2, 0.25) is 0 Å². The molecule has 0 fully saturated rings. The van der Waals surface area contributed by atoms with Crippen molar-refractivity contribution in [3.63, 3.8) is 0 Å². The minimum Gasteiger partial charge on any atom is -0.381 e. The number of fused-ring (bicyclic) bond motifs is 1. The number of rotatable bonds is 3. The van der Waals surface area contributed by atoms with E-state index >= 15 is 0 Å². The third-order valence-corrected chi connectivity index (χ3v) is 4.96. The van der Waals surface area contributed by atoms with E-state index in [0.717, 1.165) is 11.5 Å². The molecule has 3 N–H and O–H groups in total. The molecule has 94 valence electrons. The number of anilines is 2. The van der Waals surface area contributed by atoms with E-state index in [1.807, 2.05) is 0 Å². The Morgan fingerprint density at radius 1 is 1.44 bits per heavy atom. The van der Waals surface area contributed by atoms with Gasteiger partial charge in [-0.15, -0.1) is 16.4 Å². The minimum atomic E-state index is -3.80. The molecule has 8 nitrogen and oxygen atoms in total. The molecule has 0 unspecified atom stereocenters. The average molecular weight is 302 g/mol. The lowest BCUT2D eigenvalue weighted by Crippen LogP contribution is -2.15. The van der Waals surface area contributed by atoms with Crippen LogP contribution < -0.4 is 10.5 Å². The Balaban J connectivity index is 2.13. The van der Waals surface area contributed by atoms with Crippen LogP contribution >= 0.6 is 22.9 Å². The standard InChI is InChI=1S/C7H6N6O2S3/c8-5-6(13-1-2-16-7(13)10-5)18(14,15)11-4-3-9-12-17-4/h1-3,11H,8H2. The summed E-state index contributed by atoms with van der Waals surface area (Å²) in [5.74, 6) is -0.0353. The van der Waals surface area contributed by atoms with Crippen molar-refractivity contribution < 1.29 is 8.42 Å². The van der Waals surface area contributed by atoms with Crippen molar-refractivity contribution in [3.8, 4) is 0 Å². The van der Waals surface area contributed by atoms with Gasteiger partial charge in [0.2, 0.25) is 5.03 Å². The van der Waals surface area contributed by atoms with Crippen LogP contribution in [0.1, 0.15) is 0 Å². The molecule has 3 rings (SSSR count). The van der Waals surface area contributed by atoms with Crippen LogP contribution in [0, 0.1) is 0 Å². The predicted octanol–water partition coefficient (Wildman–Crippen LogP) is 0.630. The molecule has 0 aliphatic heterocycles. The zero-order valence-electron chi connectivity index (χ0n) is 8.64. The highest BCUT2D eigenvalue weighted by Gasteiger charge is 2.25. The Morgan fingerprint density at radius 2 is 2.28 bits per heavy atom. The Morgan fingerprint density at radius 3 is 3.00 bits per heavy atom. The molecule has 0 spiro atoms. The van der Waals surface area contributed by atoms with E-state index in [2.05, 4.69) is 19.3 Å². The van der Waals surface area contributed by atoms with Gasteiger partial charge in [-0.05, 0) is 0 Å². The van der Waals surface area contributed by atoms with E-state index in [-0.39, 0.29) is 10.8 Å². The van der Waals surface area contributed by atoms with E-state index < -0.39 is 10.0 Å². The summed E-state index contributed by atoms with van der Waals surface area (Å²) in [6, 6.07) is 0. The van der Waals surface area contributed by atoms with Crippen LogP contribution in [0.5, 0.6) is 0 Å². The molecule has 3 aromatic heterocycles. The Labute approximate surface area is 109 Å². The number of aromatic nitrogens is 4. The van der Waals surface area contributed by atoms with Crippen LogP contribution in [-0.2, 0) is 10.0 Å². The van der Waals surface area contributed by atoms with Gasteiger partial charge in [-0.1, -0.05) is 4.49 Å². The van der Waals surface area contributed by atoms with Crippen molar-refractivity contribution in [2.24, 2.45) is 0 Å². The molecule has 0 saturated heterocycles. The summed E-state index contributed by atoms with van der Waals surface area (Å²) in [5, 5.41) is 5.53. The van der Waals surface area contributed by atoms with Crippen molar-refractivity contribution in [1.82, 2.24) is 19.0 Å². The number of nitrogen functional groups attached to an aromatic ring is 1. The van der Waals surface area contributed by atoms with Crippen LogP contribution in [-0.4, -0.2) is 27.4 Å². The second-order valence-electron chi connectivity index (χ2n) is 3.25. The van der Waals surface area contributed by atoms with E-state index in [4.69, 9.17) is 5.73 Å². The molecule has 0 radical (unpaired) electrons.